The molecule has 0 saturated carbocycles. The van der Waals surface area contributed by atoms with Crippen LogP contribution in [0.3, 0.4) is 0 Å². The van der Waals surface area contributed by atoms with Crippen molar-refractivity contribution in [3.05, 3.63) is 46.3 Å². The van der Waals surface area contributed by atoms with Crippen LogP contribution in [-0.2, 0) is 13.1 Å². The second-order valence-corrected chi connectivity index (χ2v) is 4.85. The van der Waals surface area contributed by atoms with Gasteiger partial charge in [0.25, 0.3) is 0 Å². The average Bonchev–Trinajstić information content (AvgIpc) is 2.96. The Hall–Kier alpha value is -1.79. The minimum atomic E-state index is 0.763. The van der Waals surface area contributed by atoms with Gasteiger partial charge in [-0.15, -0.1) is 11.3 Å². The molecule has 0 radical (unpaired) electrons. The van der Waals surface area contributed by atoms with E-state index in [1.807, 2.05) is 40.8 Å². The fourth-order valence-electron chi connectivity index (χ4n) is 1.78. The van der Waals surface area contributed by atoms with Crippen LogP contribution >= 0.6 is 11.3 Å². The van der Waals surface area contributed by atoms with E-state index in [0.717, 1.165) is 35.7 Å². The summed E-state index contributed by atoms with van der Waals surface area (Å²) in [5, 5.41) is 9.73. The van der Waals surface area contributed by atoms with Crippen LogP contribution in [0.5, 0.6) is 0 Å². The highest BCUT2D eigenvalue weighted by molar-refractivity contribution is 7.07. The normalized spacial score (nSPS) is 11.2. The third-order valence-electron chi connectivity index (χ3n) is 2.61. The van der Waals surface area contributed by atoms with Crippen molar-refractivity contribution < 1.29 is 0 Å². The largest absolute Gasteiger partial charge is 0.307 e. The number of hydrogen-bond acceptors (Lipinski definition) is 5. The van der Waals surface area contributed by atoms with Gasteiger partial charge in [-0.1, -0.05) is 0 Å². The average molecular weight is 259 g/mol. The van der Waals surface area contributed by atoms with Gasteiger partial charge in [0.15, 0.2) is 5.65 Å². The molecule has 0 aliphatic heterocycles. The Balaban J connectivity index is 1.67. The molecule has 1 N–H and O–H groups in total. The number of nitrogens with one attached hydrogen (secondary N) is 1. The van der Waals surface area contributed by atoms with Crippen LogP contribution in [0.2, 0.25) is 0 Å². The maximum absolute atomic E-state index is 4.36. The molecule has 0 aliphatic rings. The third-order valence-corrected chi connectivity index (χ3v) is 3.24. The maximum Gasteiger partial charge on any atom is 0.155 e. The summed E-state index contributed by atoms with van der Waals surface area (Å²) in [7, 11) is 0. The zero-order valence-electron chi connectivity index (χ0n) is 10.00. The maximum atomic E-state index is 4.36. The van der Waals surface area contributed by atoms with Crippen LogP contribution in [0.4, 0.5) is 0 Å². The lowest BCUT2D eigenvalue weighted by atomic mass is 10.3. The number of rotatable bonds is 4. The van der Waals surface area contributed by atoms with Crippen LogP contribution in [0, 0.1) is 6.92 Å². The highest BCUT2D eigenvalue weighted by atomic mass is 32.1. The summed E-state index contributed by atoms with van der Waals surface area (Å²) in [6, 6.07) is 1.96. The first-order valence-electron chi connectivity index (χ1n) is 5.70. The van der Waals surface area contributed by atoms with Crippen molar-refractivity contribution in [1.29, 1.82) is 0 Å². The van der Waals surface area contributed by atoms with E-state index in [-0.39, 0.29) is 0 Å². The van der Waals surface area contributed by atoms with Gasteiger partial charge in [-0.05, 0) is 6.92 Å². The van der Waals surface area contributed by atoms with Gasteiger partial charge >= 0.3 is 0 Å². The van der Waals surface area contributed by atoms with Crippen molar-refractivity contribution >= 4 is 17.0 Å². The fourth-order valence-corrected chi connectivity index (χ4v) is 2.34. The SMILES string of the molecule is Cc1cc2ncc(CNCc3cscn3)cn2n1. The van der Waals surface area contributed by atoms with Crippen molar-refractivity contribution in [2.45, 2.75) is 20.0 Å². The highest BCUT2D eigenvalue weighted by Crippen LogP contribution is 2.05. The molecule has 0 aromatic carbocycles. The molecule has 0 fully saturated rings. The summed E-state index contributed by atoms with van der Waals surface area (Å²) in [5.41, 5.74) is 5.90. The molecule has 18 heavy (non-hydrogen) atoms. The number of thiazole rings is 1. The van der Waals surface area contributed by atoms with Gasteiger partial charge < -0.3 is 5.32 Å². The summed E-state index contributed by atoms with van der Waals surface area (Å²) in [6.07, 6.45) is 3.88. The van der Waals surface area contributed by atoms with Gasteiger partial charge in [0.1, 0.15) is 0 Å². The Morgan fingerprint density at radius 1 is 1.33 bits per heavy atom. The predicted octanol–water partition coefficient (Wildman–Crippen LogP) is 1.78. The number of hydrogen-bond donors (Lipinski definition) is 1. The van der Waals surface area contributed by atoms with Crippen LogP contribution < -0.4 is 5.32 Å². The lowest BCUT2D eigenvalue weighted by molar-refractivity contribution is 0.676. The molecule has 3 heterocycles. The van der Waals surface area contributed by atoms with Crippen molar-refractivity contribution in [3.8, 4) is 0 Å². The molecule has 0 atom stereocenters. The number of nitrogens with zero attached hydrogens (tertiary/aromatic N) is 4. The molecule has 3 aromatic rings. The summed E-state index contributed by atoms with van der Waals surface area (Å²) in [4.78, 5) is 8.59. The highest BCUT2D eigenvalue weighted by Gasteiger charge is 2.01. The second-order valence-electron chi connectivity index (χ2n) is 4.13. The molecule has 6 heteroatoms. The van der Waals surface area contributed by atoms with E-state index in [1.54, 1.807) is 11.3 Å². The van der Waals surface area contributed by atoms with E-state index in [2.05, 4.69) is 20.4 Å². The van der Waals surface area contributed by atoms with Gasteiger partial charge in [-0.25, -0.2) is 14.5 Å². The van der Waals surface area contributed by atoms with Gasteiger partial charge in [0, 0.05) is 42.5 Å². The Morgan fingerprint density at radius 3 is 3.11 bits per heavy atom. The molecular weight excluding hydrogens is 246 g/mol. The summed E-state index contributed by atoms with van der Waals surface area (Å²) in [6.45, 7) is 3.51. The minimum absolute atomic E-state index is 0.763. The monoisotopic (exact) mass is 259 g/mol. The Kier molecular flexibility index (Phi) is 3.04. The number of aryl methyl sites for hydroxylation is 1. The van der Waals surface area contributed by atoms with Crippen molar-refractivity contribution in [2.24, 2.45) is 0 Å². The Morgan fingerprint density at radius 2 is 2.28 bits per heavy atom. The van der Waals surface area contributed by atoms with E-state index in [1.165, 1.54) is 0 Å². The van der Waals surface area contributed by atoms with Crippen LogP contribution in [-0.4, -0.2) is 19.6 Å². The zero-order chi connectivity index (χ0) is 12.4. The van der Waals surface area contributed by atoms with E-state index >= 15 is 0 Å². The lowest BCUT2D eigenvalue weighted by Gasteiger charge is -2.03. The molecule has 0 aliphatic carbocycles. The molecule has 0 saturated heterocycles. The van der Waals surface area contributed by atoms with Crippen molar-refractivity contribution in [2.75, 3.05) is 0 Å². The van der Waals surface area contributed by atoms with Crippen molar-refractivity contribution in [1.82, 2.24) is 24.9 Å². The zero-order valence-corrected chi connectivity index (χ0v) is 10.8. The van der Waals surface area contributed by atoms with Crippen LogP contribution in [0.25, 0.3) is 5.65 Å². The molecule has 0 spiro atoms. The summed E-state index contributed by atoms with van der Waals surface area (Å²) >= 11 is 1.61. The first-order valence-corrected chi connectivity index (χ1v) is 6.64. The summed E-state index contributed by atoms with van der Waals surface area (Å²) in [5.74, 6) is 0. The van der Waals surface area contributed by atoms with Crippen LogP contribution in [0.15, 0.2) is 29.4 Å². The van der Waals surface area contributed by atoms with E-state index in [9.17, 15) is 0 Å². The van der Waals surface area contributed by atoms with Gasteiger partial charge in [0.2, 0.25) is 0 Å². The van der Waals surface area contributed by atoms with Crippen LogP contribution in [0.1, 0.15) is 17.0 Å². The molecule has 0 bridgehead atoms. The van der Waals surface area contributed by atoms with E-state index in [0.29, 0.717) is 0 Å². The molecule has 3 aromatic heterocycles. The van der Waals surface area contributed by atoms with E-state index in [4.69, 9.17) is 0 Å². The number of fused-ring (bicyclic) bond motifs is 1. The fraction of sp³-hybridized carbons (Fsp3) is 0.250. The molecular formula is C12H13N5S. The minimum Gasteiger partial charge on any atom is -0.307 e. The van der Waals surface area contributed by atoms with Gasteiger partial charge in [-0.2, -0.15) is 5.10 Å². The second kappa shape index (κ2) is 4.83. The van der Waals surface area contributed by atoms with Gasteiger partial charge in [0.05, 0.1) is 16.9 Å². The lowest BCUT2D eigenvalue weighted by Crippen LogP contribution is -2.13. The molecule has 3 rings (SSSR count). The molecule has 0 unspecified atom stereocenters. The summed E-state index contributed by atoms with van der Waals surface area (Å²) < 4.78 is 1.81. The van der Waals surface area contributed by atoms with Gasteiger partial charge in [-0.3, -0.25) is 0 Å². The smallest absolute Gasteiger partial charge is 0.155 e. The molecule has 5 nitrogen and oxygen atoms in total. The molecule has 0 amide bonds. The standard InChI is InChI=1S/C12H13N5S/c1-9-2-12-14-4-10(6-17(12)16-9)3-13-5-11-7-18-8-15-11/h2,4,6-8,13H,3,5H2,1H3. The first kappa shape index (κ1) is 11.3. The topological polar surface area (TPSA) is 55.1 Å². The third kappa shape index (κ3) is 2.39. The molecule has 92 valence electrons. The predicted molar refractivity (Wildman–Crippen MR) is 70.4 cm³/mol. The quantitative estimate of drug-likeness (QED) is 0.776. The Labute approximate surface area is 109 Å². The first-order chi connectivity index (χ1) is 8.81. The number of aromatic nitrogens is 4. The van der Waals surface area contributed by atoms with Crippen molar-refractivity contribution in [3.63, 3.8) is 0 Å². The Bertz CT molecular complexity index is 644. The van der Waals surface area contributed by atoms with E-state index < -0.39 is 0 Å².